The van der Waals surface area contributed by atoms with Crippen molar-refractivity contribution in [3.63, 3.8) is 0 Å². The SMILES string of the molecule is CN1CCC(N(Cc2ccccc2F)C(=O)CC(F)(F)F)CC1. The van der Waals surface area contributed by atoms with E-state index in [1.165, 1.54) is 23.1 Å². The fourth-order valence-electron chi connectivity index (χ4n) is 2.81. The van der Waals surface area contributed by atoms with Crippen molar-refractivity contribution in [2.45, 2.75) is 38.0 Å². The normalized spacial score (nSPS) is 17.3. The summed E-state index contributed by atoms with van der Waals surface area (Å²) in [4.78, 5) is 15.4. The summed E-state index contributed by atoms with van der Waals surface area (Å²) in [7, 11) is 1.93. The van der Waals surface area contributed by atoms with Crippen LogP contribution in [0.4, 0.5) is 17.6 Å². The van der Waals surface area contributed by atoms with Gasteiger partial charge in [-0.1, -0.05) is 18.2 Å². The molecule has 0 unspecified atom stereocenters. The van der Waals surface area contributed by atoms with Crippen LogP contribution in [-0.4, -0.2) is 48.1 Å². The van der Waals surface area contributed by atoms with Gasteiger partial charge in [0.25, 0.3) is 0 Å². The number of rotatable bonds is 4. The molecule has 1 saturated heterocycles. The van der Waals surface area contributed by atoms with Crippen LogP contribution in [0.5, 0.6) is 0 Å². The van der Waals surface area contributed by atoms with Gasteiger partial charge in [-0.05, 0) is 39.0 Å². The standard InChI is InChI=1S/C16H20F4N2O/c1-21-8-6-13(7-9-21)22(15(23)10-16(18,19)20)11-12-4-2-3-5-14(12)17/h2-5,13H,6-11H2,1H3. The maximum Gasteiger partial charge on any atom is 0.397 e. The molecule has 0 spiro atoms. The van der Waals surface area contributed by atoms with E-state index in [1.54, 1.807) is 6.07 Å². The number of benzene rings is 1. The van der Waals surface area contributed by atoms with Crippen LogP contribution < -0.4 is 0 Å². The molecule has 1 aromatic carbocycles. The maximum atomic E-state index is 13.8. The van der Waals surface area contributed by atoms with Crippen LogP contribution in [0.3, 0.4) is 0 Å². The minimum Gasteiger partial charge on any atom is -0.335 e. The molecule has 3 nitrogen and oxygen atoms in total. The number of nitrogens with zero attached hydrogens (tertiary/aromatic N) is 2. The Labute approximate surface area is 132 Å². The Morgan fingerprint density at radius 2 is 1.87 bits per heavy atom. The molecule has 0 saturated carbocycles. The Morgan fingerprint density at radius 1 is 1.26 bits per heavy atom. The number of alkyl halides is 3. The highest BCUT2D eigenvalue weighted by Gasteiger charge is 2.36. The van der Waals surface area contributed by atoms with E-state index in [1.807, 2.05) is 7.05 Å². The first-order valence-corrected chi connectivity index (χ1v) is 7.54. The summed E-state index contributed by atoms with van der Waals surface area (Å²) >= 11 is 0. The number of hydrogen-bond acceptors (Lipinski definition) is 2. The number of carbonyl (C=O) groups is 1. The Bertz CT molecular complexity index is 539. The monoisotopic (exact) mass is 332 g/mol. The average molecular weight is 332 g/mol. The Morgan fingerprint density at radius 3 is 2.43 bits per heavy atom. The Kier molecular flexibility index (Phi) is 5.62. The van der Waals surface area contributed by atoms with E-state index in [0.717, 1.165) is 0 Å². The topological polar surface area (TPSA) is 23.6 Å². The van der Waals surface area contributed by atoms with Gasteiger partial charge in [0.2, 0.25) is 5.91 Å². The molecule has 0 aliphatic carbocycles. The van der Waals surface area contributed by atoms with Gasteiger partial charge >= 0.3 is 6.18 Å². The molecule has 0 bridgehead atoms. The van der Waals surface area contributed by atoms with Crippen molar-refractivity contribution >= 4 is 5.91 Å². The second kappa shape index (κ2) is 7.29. The minimum atomic E-state index is -4.56. The number of halogens is 4. The molecular weight excluding hydrogens is 312 g/mol. The smallest absolute Gasteiger partial charge is 0.335 e. The van der Waals surface area contributed by atoms with Gasteiger partial charge in [0, 0.05) is 18.2 Å². The maximum absolute atomic E-state index is 13.8. The van der Waals surface area contributed by atoms with E-state index in [4.69, 9.17) is 0 Å². The number of amides is 1. The van der Waals surface area contributed by atoms with Crippen LogP contribution in [0.25, 0.3) is 0 Å². The first-order chi connectivity index (χ1) is 10.8. The molecule has 2 rings (SSSR count). The summed E-state index contributed by atoms with van der Waals surface area (Å²) in [6.45, 7) is 1.28. The highest BCUT2D eigenvalue weighted by Crippen LogP contribution is 2.25. The number of carbonyl (C=O) groups excluding carboxylic acids is 1. The van der Waals surface area contributed by atoms with Crippen molar-refractivity contribution in [2.75, 3.05) is 20.1 Å². The Hall–Kier alpha value is -1.63. The fraction of sp³-hybridized carbons (Fsp3) is 0.562. The molecule has 0 atom stereocenters. The van der Waals surface area contributed by atoms with E-state index in [-0.39, 0.29) is 18.2 Å². The molecule has 7 heteroatoms. The molecular formula is C16H20F4N2O. The summed E-state index contributed by atoms with van der Waals surface area (Å²) < 4.78 is 51.6. The fourth-order valence-corrected chi connectivity index (χ4v) is 2.81. The summed E-state index contributed by atoms with van der Waals surface area (Å²) in [5.41, 5.74) is 0.238. The summed E-state index contributed by atoms with van der Waals surface area (Å²) in [5, 5.41) is 0. The first-order valence-electron chi connectivity index (χ1n) is 7.54. The molecule has 1 aliphatic rings. The molecule has 1 amide bonds. The summed E-state index contributed by atoms with van der Waals surface area (Å²) in [5.74, 6) is -1.50. The zero-order valence-electron chi connectivity index (χ0n) is 12.9. The minimum absolute atomic E-state index is 0.129. The largest absolute Gasteiger partial charge is 0.397 e. The van der Waals surface area contributed by atoms with Crippen LogP contribution in [0.15, 0.2) is 24.3 Å². The van der Waals surface area contributed by atoms with E-state index >= 15 is 0 Å². The van der Waals surface area contributed by atoms with Crippen LogP contribution in [0.2, 0.25) is 0 Å². The van der Waals surface area contributed by atoms with Crippen LogP contribution in [-0.2, 0) is 11.3 Å². The van der Waals surface area contributed by atoms with Crippen LogP contribution in [0, 0.1) is 5.82 Å². The van der Waals surface area contributed by atoms with Gasteiger partial charge in [-0.2, -0.15) is 13.2 Å². The first kappa shape index (κ1) is 17.7. The molecule has 0 N–H and O–H groups in total. The van der Waals surface area contributed by atoms with Gasteiger partial charge in [0.05, 0.1) is 0 Å². The zero-order valence-corrected chi connectivity index (χ0v) is 12.9. The molecule has 128 valence electrons. The van der Waals surface area contributed by atoms with Gasteiger partial charge in [0.1, 0.15) is 12.2 Å². The number of likely N-dealkylation sites (tertiary alicyclic amines) is 1. The molecule has 0 radical (unpaired) electrons. The van der Waals surface area contributed by atoms with Crippen molar-refractivity contribution in [3.05, 3.63) is 35.6 Å². The second-order valence-electron chi connectivity index (χ2n) is 5.94. The lowest BCUT2D eigenvalue weighted by Gasteiger charge is -2.37. The van der Waals surface area contributed by atoms with Crippen molar-refractivity contribution in [3.8, 4) is 0 Å². The lowest BCUT2D eigenvalue weighted by Crippen LogP contribution is -2.47. The molecule has 1 aromatic rings. The van der Waals surface area contributed by atoms with Crippen molar-refractivity contribution < 1.29 is 22.4 Å². The van der Waals surface area contributed by atoms with Crippen LogP contribution >= 0.6 is 0 Å². The highest BCUT2D eigenvalue weighted by atomic mass is 19.4. The lowest BCUT2D eigenvalue weighted by atomic mass is 10.0. The third-order valence-corrected chi connectivity index (χ3v) is 4.10. The molecule has 1 heterocycles. The quantitative estimate of drug-likeness (QED) is 0.791. The van der Waals surface area contributed by atoms with E-state index in [9.17, 15) is 22.4 Å². The van der Waals surface area contributed by atoms with Gasteiger partial charge in [-0.15, -0.1) is 0 Å². The molecule has 1 aliphatic heterocycles. The second-order valence-corrected chi connectivity index (χ2v) is 5.94. The predicted octanol–water partition coefficient (Wildman–Crippen LogP) is 3.20. The number of piperidine rings is 1. The van der Waals surface area contributed by atoms with Crippen molar-refractivity contribution in [2.24, 2.45) is 0 Å². The van der Waals surface area contributed by atoms with Gasteiger partial charge in [-0.25, -0.2) is 4.39 Å². The Balaban J connectivity index is 2.17. The zero-order chi connectivity index (χ0) is 17.0. The lowest BCUT2D eigenvalue weighted by molar-refractivity contribution is -0.164. The number of hydrogen-bond donors (Lipinski definition) is 0. The van der Waals surface area contributed by atoms with Crippen molar-refractivity contribution in [1.29, 1.82) is 0 Å². The predicted molar refractivity (Wildman–Crippen MR) is 78.1 cm³/mol. The highest BCUT2D eigenvalue weighted by molar-refractivity contribution is 5.77. The van der Waals surface area contributed by atoms with Crippen molar-refractivity contribution in [1.82, 2.24) is 9.80 Å². The molecule has 0 aromatic heterocycles. The van der Waals surface area contributed by atoms with Gasteiger partial charge in [-0.3, -0.25) is 4.79 Å². The molecule has 23 heavy (non-hydrogen) atoms. The van der Waals surface area contributed by atoms with Crippen LogP contribution in [0.1, 0.15) is 24.8 Å². The average Bonchev–Trinajstić information content (AvgIpc) is 2.46. The summed E-state index contributed by atoms with van der Waals surface area (Å²) in [6, 6.07) is 5.57. The third-order valence-electron chi connectivity index (χ3n) is 4.10. The molecule has 1 fully saturated rings. The van der Waals surface area contributed by atoms with E-state index in [0.29, 0.717) is 25.9 Å². The summed E-state index contributed by atoms with van der Waals surface area (Å²) in [6.07, 6.45) is -4.88. The van der Waals surface area contributed by atoms with Gasteiger partial charge in [0.15, 0.2) is 0 Å². The van der Waals surface area contributed by atoms with E-state index < -0.39 is 24.3 Å². The third kappa shape index (κ3) is 5.20. The van der Waals surface area contributed by atoms with Gasteiger partial charge < -0.3 is 9.80 Å². The van der Waals surface area contributed by atoms with E-state index in [2.05, 4.69) is 4.90 Å².